The minimum Gasteiger partial charge on any atom is -0.481 e. The third kappa shape index (κ3) is 6.99. The van der Waals surface area contributed by atoms with Crippen molar-refractivity contribution in [2.24, 2.45) is 0 Å². The molecular formula is C25H29NO2. The van der Waals surface area contributed by atoms with Crippen LogP contribution in [0.2, 0.25) is 0 Å². The van der Waals surface area contributed by atoms with E-state index in [1.54, 1.807) is 6.92 Å². The summed E-state index contributed by atoms with van der Waals surface area (Å²) in [6.07, 6.45) is 7.19. The van der Waals surface area contributed by atoms with Crippen molar-refractivity contribution in [3.8, 4) is 22.4 Å². The second-order valence-electron chi connectivity index (χ2n) is 6.70. The number of carbonyl (C=O) groups is 1. The second kappa shape index (κ2) is 11.7. The summed E-state index contributed by atoms with van der Waals surface area (Å²) in [4.78, 5) is 14.0. The van der Waals surface area contributed by atoms with Crippen molar-refractivity contribution in [1.82, 2.24) is 4.98 Å². The Balaban J connectivity index is 0.000000500. The van der Waals surface area contributed by atoms with Crippen molar-refractivity contribution >= 4 is 5.97 Å². The van der Waals surface area contributed by atoms with Gasteiger partial charge in [-0.15, -0.1) is 0 Å². The Morgan fingerprint density at radius 2 is 1.43 bits per heavy atom. The third-order valence-corrected chi connectivity index (χ3v) is 4.48. The number of nitrogens with zero attached hydrogens (tertiary/aromatic N) is 1. The predicted octanol–water partition coefficient (Wildman–Crippen LogP) is 6.63. The zero-order valence-electron chi connectivity index (χ0n) is 16.8. The van der Waals surface area contributed by atoms with Crippen LogP contribution in [0.25, 0.3) is 22.4 Å². The van der Waals surface area contributed by atoms with Crippen LogP contribution < -0.4 is 0 Å². The molecule has 0 atom stereocenters. The van der Waals surface area contributed by atoms with E-state index in [0.29, 0.717) is 0 Å². The smallest absolute Gasteiger partial charge is 0.303 e. The molecule has 0 bridgehead atoms. The van der Waals surface area contributed by atoms with Crippen molar-refractivity contribution in [3.05, 3.63) is 78.5 Å². The first kappa shape index (κ1) is 21.4. The van der Waals surface area contributed by atoms with Gasteiger partial charge in [0, 0.05) is 18.2 Å². The topological polar surface area (TPSA) is 50.2 Å². The Morgan fingerprint density at radius 3 is 1.96 bits per heavy atom. The number of hydrogen-bond donors (Lipinski definition) is 1. The molecule has 1 heterocycles. The molecule has 0 fully saturated rings. The molecule has 1 N–H and O–H groups in total. The monoisotopic (exact) mass is 375 g/mol. The van der Waals surface area contributed by atoms with E-state index >= 15 is 0 Å². The van der Waals surface area contributed by atoms with E-state index in [4.69, 9.17) is 5.11 Å². The molecule has 28 heavy (non-hydrogen) atoms. The van der Waals surface area contributed by atoms with E-state index in [0.717, 1.165) is 12.1 Å². The summed E-state index contributed by atoms with van der Waals surface area (Å²) in [6.45, 7) is 3.84. The summed E-state index contributed by atoms with van der Waals surface area (Å²) >= 11 is 0. The lowest BCUT2D eigenvalue weighted by molar-refractivity contribution is -0.136. The molecule has 0 aliphatic heterocycles. The number of pyridine rings is 1. The molecule has 0 saturated carbocycles. The van der Waals surface area contributed by atoms with Gasteiger partial charge in [0.15, 0.2) is 0 Å². The average molecular weight is 376 g/mol. The lowest BCUT2D eigenvalue weighted by Gasteiger charge is -2.06. The van der Waals surface area contributed by atoms with Crippen LogP contribution in [0.3, 0.4) is 0 Å². The molecule has 3 rings (SSSR count). The Kier molecular flexibility index (Phi) is 8.93. The Bertz CT molecular complexity index is 825. The van der Waals surface area contributed by atoms with Gasteiger partial charge in [-0.25, -0.2) is 0 Å². The quantitative estimate of drug-likeness (QED) is 0.472. The third-order valence-electron chi connectivity index (χ3n) is 4.48. The van der Waals surface area contributed by atoms with E-state index in [1.807, 2.05) is 12.3 Å². The van der Waals surface area contributed by atoms with Crippen LogP contribution >= 0.6 is 0 Å². The zero-order valence-corrected chi connectivity index (χ0v) is 16.8. The van der Waals surface area contributed by atoms with Gasteiger partial charge in [0.1, 0.15) is 0 Å². The van der Waals surface area contributed by atoms with E-state index in [2.05, 4.69) is 72.6 Å². The number of rotatable bonds is 7. The van der Waals surface area contributed by atoms with Crippen LogP contribution in [0.1, 0.15) is 45.1 Å². The van der Waals surface area contributed by atoms with Gasteiger partial charge in [-0.2, -0.15) is 0 Å². The molecule has 3 heteroatoms. The molecule has 0 radical (unpaired) electrons. The molecule has 0 amide bonds. The standard InChI is InChI=1S/C22H23N.C3H6O2/c1-2-3-5-8-18-11-16-22(23-17-18)21-14-12-20(13-15-21)19-9-6-4-7-10-19;1-2-3(4)5/h4,6-7,9-17H,2-3,5,8H2,1H3;2H2,1H3,(H,4,5). The summed E-state index contributed by atoms with van der Waals surface area (Å²) in [7, 11) is 0. The summed E-state index contributed by atoms with van der Waals surface area (Å²) in [5.74, 6) is -0.745. The molecule has 0 unspecified atom stereocenters. The molecule has 2 aromatic carbocycles. The van der Waals surface area contributed by atoms with Crippen LogP contribution in [0.4, 0.5) is 0 Å². The van der Waals surface area contributed by atoms with Crippen LogP contribution in [0.5, 0.6) is 0 Å². The number of carboxylic acids is 1. The number of benzene rings is 2. The highest BCUT2D eigenvalue weighted by Gasteiger charge is 2.02. The van der Waals surface area contributed by atoms with Gasteiger partial charge < -0.3 is 5.11 Å². The fourth-order valence-electron chi connectivity index (χ4n) is 2.79. The molecule has 0 saturated heterocycles. The minimum absolute atomic E-state index is 0.222. The van der Waals surface area contributed by atoms with Crippen LogP contribution in [0.15, 0.2) is 72.9 Å². The van der Waals surface area contributed by atoms with Crippen LogP contribution in [-0.2, 0) is 11.2 Å². The van der Waals surface area contributed by atoms with Gasteiger partial charge in [0.25, 0.3) is 0 Å². The number of aryl methyl sites for hydroxylation is 1. The molecule has 3 nitrogen and oxygen atoms in total. The molecule has 0 aliphatic rings. The first-order valence-corrected chi connectivity index (χ1v) is 9.96. The fourth-order valence-corrected chi connectivity index (χ4v) is 2.79. The van der Waals surface area contributed by atoms with Crippen molar-refractivity contribution in [2.45, 2.75) is 46.0 Å². The average Bonchev–Trinajstić information content (AvgIpc) is 2.75. The molecule has 146 valence electrons. The van der Waals surface area contributed by atoms with E-state index in [1.165, 1.54) is 41.5 Å². The fraction of sp³-hybridized carbons (Fsp3) is 0.280. The largest absolute Gasteiger partial charge is 0.481 e. The Hall–Kier alpha value is -2.94. The van der Waals surface area contributed by atoms with Gasteiger partial charge >= 0.3 is 5.97 Å². The van der Waals surface area contributed by atoms with Crippen LogP contribution in [0, 0.1) is 0 Å². The normalized spacial score (nSPS) is 10.1. The maximum absolute atomic E-state index is 9.37. The van der Waals surface area contributed by atoms with Crippen LogP contribution in [-0.4, -0.2) is 16.1 Å². The lowest BCUT2D eigenvalue weighted by atomic mass is 10.0. The molecule has 0 aliphatic carbocycles. The highest BCUT2D eigenvalue weighted by atomic mass is 16.4. The first-order chi connectivity index (χ1) is 13.6. The van der Waals surface area contributed by atoms with Crippen molar-refractivity contribution in [3.63, 3.8) is 0 Å². The minimum atomic E-state index is -0.745. The van der Waals surface area contributed by atoms with Crippen molar-refractivity contribution < 1.29 is 9.90 Å². The number of hydrogen-bond acceptors (Lipinski definition) is 2. The van der Waals surface area contributed by atoms with Gasteiger partial charge in [0.05, 0.1) is 5.69 Å². The highest BCUT2D eigenvalue weighted by molar-refractivity contribution is 5.68. The summed E-state index contributed by atoms with van der Waals surface area (Å²) < 4.78 is 0. The number of aliphatic carboxylic acids is 1. The molecule has 3 aromatic rings. The molecule has 0 spiro atoms. The lowest BCUT2D eigenvalue weighted by Crippen LogP contribution is -1.89. The van der Waals surface area contributed by atoms with Crippen molar-refractivity contribution in [1.29, 1.82) is 0 Å². The number of carboxylic acid groups (broad SMARTS) is 1. The maximum Gasteiger partial charge on any atom is 0.303 e. The maximum atomic E-state index is 9.37. The van der Waals surface area contributed by atoms with Gasteiger partial charge in [-0.05, 0) is 35.6 Å². The molecule has 1 aromatic heterocycles. The summed E-state index contributed by atoms with van der Waals surface area (Å²) in [6, 6.07) is 23.5. The Morgan fingerprint density at radius 1 is 0.821 bits per heavy atom. The summed E-state index contributed by atoms with van der Waals surface area (Å²) in [5, 5.41) is 7.72. The first-order valence-electron chi connectivity index (χ1n) is 9.96. The predicted molar refractivity (Wildman–Crippen MR) is 116 cm³/mol. The molecular weight excluding hydrogens is 346 g/mol. The van der Waals surface area contributed by atoms with E-state index in [-0.39, 0.29) is 6.42 Å². The highest BCUT2D eigenvalue weighted by Crippen LogP contribution is 2.23. The number of unbranched alkanes of at least 4 members (excludes halogenated alkanes) is 2. The second-order valence-corrected chi connectivity index (χ2v) is 6.70. The van der Waals surface area contributed by atoms with E-state index in [9.17, 15) is 4.79 Å². The van der Waals surface area contributed by atoms with Gasteiger partial charge in [0.2, 0.25) is 0 Å². The SMILES string of the molecule is CCC(=O)O.CCCCCc1ccc(-c2ccc(-c3ccccc3)cc2)nc1. The van der Waals surface area contributed by atoms with E-state index < -0.39 is 5.97 Å². The van der Waals surface area contributed by atoms with Gasteiger partial charge in [-0.3, -0.25) is 9.78 Å². The number of aromatic nitrogens is 1. The summed E-state index contributed by atoms with van der Waals surface area (Å²) in [5.41, 5.74) is 6.04. The van der Waals surface area contributed by atoms with Gasteiger partial charge in [-0.1, -0.05) is 87.4 Å². The zero-order chi connectivity index (χ0) is 20.2. The Labute approximate surface area is 168 Å². The van der Waals surface area contributed by atoms with Crippen molar-refractivity contribution in [2.75, 3.05) is 0 Å².